The van der Waals surface area contributed by atoms with Gasteiger partial charge in [-0.15, -0.1) is 0 Å². The summed E-state index contributed by atoms with van der Waals surface area (Å²) in [7, 11) is 0. The molecule has 130 valence electrons. The quantitative estimate of drug-likeness (QED) is 0.720. The number of fused-ring (bicyclic) bond motifs is 1. The van der Waals surface area contributed by atoms with Crippen molar-refractivity contribution in [1.29, 1.82) is 0 Å². The molecule has 0 fully saturated rings. The van der Waals surface area contributed by atoms with Crippen molar-refractivity contribution in [3.8, 4) is 11.1 Å². The monoisotopic (exact) mass is 347 g/mol. The average molecular weight is 347 g/mol. The van der Waals surface area contributed by atoms with Crippen LogP contribution in [0.4, 0.5) is 10.1 Å². The van der Waals surface area contributed by atoms with Gasteiger partial charge in [0.05, 0.1) is 30.0 Å². The van der Waals surface area contributed by atoms with Crippen LogP contribution in [-0.4, -0.2) is 15.9 Å². The van der Waals surface area contributed by atoms with Crippen LogP contribution in [0.3, 0.4) is 0 Å². The van der Waals surface area contributed by atoms with Gasteiger partial charge >= 0.3 is 0 Å². The lowest BCUT2D eigenvalue weighted by molar-refractivity contribution is -0.117. The zero-order valence-electron chi connectivity index (χ0n) is 14.7. The first kappa shape index (κ1) is 16.4. The van der Waals surface area contributed by atoms with E-state index in [9.17, 15) is 9.18 Å². The van der Waals surface area contributed by atoms with Gasteiger partial charge in [0.25, 0.3) is 0 Å². The first-order valence-electron chi connectivity index (χ1n) is 8.49. The predicted molar refractivity (Wildman–Crippen MR) is 98.2 cm³/mol. The molecule has 0 spiro atoms. The minimum absolute atomic E-state index is 0.0185. The highest BCUT2D eigenvalue weighted by Gasteiger charge is 2.29. The molecule has 0 radical (unpaired) electrons. The molecule has 2 aromatic heterocycles. The van der Waals surface area contributed by atoms with Crippen LogP contribution in [0.2, 0.25) is 0 Å². The second-order valence-electron chi connectivity index (χ2n) is 6.58. The first-order valence-corrected chi connectivity index (χ1v) is 8.49. The van der Waals surface area contributed by atoms with Crippen molar-refractivity contribution in [3.63, 3.8) is 0 Å². The van der Waals surface area contributed by atoms with Crippen molar-refractivity contribution in [3.05, 3.63) is 77.1 Å². The SMILES string of the molecule is Cc1cc(-c2cnc3c(c2)N(Cc2ncccc2C)C(=O)C3)ccc1F. The summed E-state index contributed by atoms with van der Waals surface area (Å²) < 4.78 is 13.6. The van der Waals surface area contributed by atoms with E-state index < -0.39 is 0 Å². The Balaban J connectivity index is 1.72. The van der Waals surface area contributed by atoms with E-state index in [0.717, 1.165) is 33.8 Å². The number of aryl methyl sites for hydroxylation is 2. The summed E-state index contributed by atoms with van der Waals surface area (Å²) in [6, 6.07) is 10.8. The summed E-state index contributed by atoms with van der Waals surface area (Å²) in [5.74, 6) is -0.213. The number of nitrogens with zero attached hydrogens (tertiary/aromatic N) is 3. The van der Waals surface area contributed by atoms with E-state index in [2.05, 4.69) is 9.97 Å². The number of aromatic nitrogens is 2. The van der Waals surface area contributed by atoms with Gasteiger partial charge in [0.15, 0.2) is 0 Å². The maximum absolute atomic E-state index is 13.6. The molecule has 0 saturated carbocycles. The number of hydrogen-bond donors (Lipinski definition) is 0. The van der Waals surface area contributed by atoms with E-state index in [0.29, 0.717) is 18.5 Å². The molecule has 0 saturated heterocycles. The number of carbonyl (C=O) groups is 1. The summed E-state index contributed by atoms with van der Waals surface area (Å²) >= 11 is 0. The topological polar surface area (TPSA) is 46.1 Å². The van der Waals surface area contributed by atoms with Crippen LogP contribution in [0.15, 0.2) is 48.8 Å². The minimum atomic E-state index is -0.231. The normalized spacial score (nSPS) is 13.2. The van der Waals surface area contributed by atoms with E-state index in [1.165, 1.54) is 6.07 Å². The Morgan fingerprint density at radius 3 is 2.69 bits per heavy atom. The molecule has 0 bridgehead atoms. The number of rotatable bonds is 3. The fourth-order valence-electron chi connectivity index (χ4n) is 3.21. The summed E-state index contributed by atoms with van der Waals surface area (Å²) in [5, 5.41) is 0. The molecule has 1 amide bonds. The Hall–Kier alpha value is -3.08. The molecule has 0 N–H and O–H groups in total. The Morgan fingerprint density at radius 2 is 1.92 bits per heavy atom. The van der Waals surface area contributed by atoms with E-state index in [1.807, 2.05) is 25.1 Å². The van der Waals surface area contributed by atoms with E-state index in [4.69, 9.17) is 0 Å². The van der Waals surface area contributed by atoms with Gasteiger partial charge in [-0.1, -0.05) is 12.1 Å². The Kier molecular flexibility index (Phi) is 3.99. The lowest BCUT2D eigenvalue weighted by Gasteiger charge is -2.18. The van der Waals surface area contributed by atoms with Crippen molar-refractivity contribution in [2.45, 2.75) is 26.8 Å². The van der Waals surface area contributed by atoms with Crippen molar-refractivity contribution >= 4 is 11.6 Å². The standard InChI is InChI=1S/C21H18FN3O/c1-13-4-3-7-23-19(13)12-25-20-9-16(11-24-18(20)10-21(25)26)15-5-6-17(22)14(2)8-15/h3-9,11H,10,12H2,1-2H3. The maximum atomic E-state index is 13.6. The zero-order chi connectivity index (χ0) is 18.3. The number of hydrogen-bond acceptors (Lipinski definition) is 3. The van der Waals surface area contributed by atoms with Gasteiger partial charge in [0, 0.05) is 18.0 Å². The molecule has 4 rings (SSSR count). The van der Waals surface area contributed by atoms with Crippen molar-refractivity contribution < 1.29 is 9.18 Å². The summed E-state index contributed by atoms with van der Waals surface area (Å²) in [5.41, 5.74) is 5.83. The predicted octanol–water partition coefficient (Wildman–Crippen LogP) is 3.99. The molecular formula is C21H18FN3O. The molecule has 1 aliphatic heterocycles. The van der Waals surface area contributed by atoms with Crippen LogP contribution < -0.4 is 4.90 Å². The van der Waals surface area contributed by atoms with Gasteiger partial charge in [0.1, 0.15) is 5.82 Å². The van der Waals surface area contributed by atoms with Crippen LogP contribution in [0, 0.1) is 19.7 Å². The van der Waals surface area contributed by atoms with E-state index in [1.54, 1.807) is 36.4 Å². The minimum Gasteiger partial charge on any atom is -0.304 e. The fourth-order valence-corrected chi connectivity index (χ4v) is 3.21. The molecule has 3 aromatic rings. The second kappa shape index (κ2) is 6.33. The first-order chi connectivity index (χ1) is 12.5. The highest BCUT2D eigenvalue weighted by molar-refractivity contribution is 6.01. The van der Waals surface area contributed by atoms with E-state index in [-0.39, 0.29) is 11.7 Å². The molecule has 26 heavy (non-hydrogen) atoms. The summed E-state index contributed by atoms with van der Waals surface area (Å²) in [6.45, 7) is 4.14. The third kappa shape index (κ3) is 2.86. The third-order valence-electron chi connectivity index (χ3n) is 4.77. The molecule has 0 unspecified atom stereocenters. The number of amides is 1. The number of anilines is 1. The van der Waals surface area contributed by atoms with Crippen molar-refractivity contribution in [1.82, 2.24) is 9.97 Å². The molecule has 1 aliphatic rings. The summed E-state index contributed by atoms with van der Waals surface area (Å²) in [6.07, 6.45) is 3.78. The molecule has 1 aromatic carbocycles. The van der Waals surface area contributed by atoms with E-state index >= 15 is 0 Å². The fraction of sp³-hybridized carbons (Fsp3) is 0.190. The largest absolute Gasteiger partial charge is 0.304 e. The Bertz CT molecular complexity index is 1020. The number of carbonyl (C=O) groups excluding carboxylic acids is 1. The average Bonchev–Trinajstić information content (AvgIpc) is 2.94. The van der Waals surface area contributed by atoms with Gasteiger partial charge in [-0.25, -0.2) is 4.39 Å². The highest BCUT2D eigenvalue weighted by Crippen LogP contribution is 2.33. The molecule has 3 heterocycles. The number of pyridine rings is 2. The Labute approximate surface area is 151 Å². The Morgan fingerprint density at radius 1 is 1.08 bits per heavy atom. The molecule has 4 nitrogen and oxygen atoms in total. The van der Waals surface area contributed by atoms with Gasteiger partial charge in [-0.05, 0) is 54.8 Å². The lowest BCUT2D eigenvalue weighted by Crippen LogP contribution is -2.26. The van der Waals surface area contributed by atoms with Crippen LogP contribution in [-0.2, 0) is 17.8 Å². The van der Waals surface area contributed by atoms with Gasteiger partial charge in [-0.3, -0.25) is 14.8 Å². The van der Waals surface area contributed by atoms with Crippen molar-refractivity contribution in [2.24, 2.45) is 0 Å². The maximum Gasteiger partial charge on any atom is 0.233 e. The number of halogens is 1. The lowest BCUT2D eigenvalue weighted by atomic mass is 10.0. The second-order valence-corrected chi connectivity index (χ2v) is 6.58. The third-order valence-corrected chi connectivity index (χ3v) is 4.77. The molecular weight excluding hydrogens is 329 g/mol. The van der Waals surface area contributed by atoms with Crippen LogP contribution >= 0.6 is 0 Å². The van der Waals surface area contributed by atoms with Crippen molar-refractivity contribution in [2.75, 3.05) is 4.90 Å². The molecule has 5 heteroatoms. The van der Waals surface area contributed by atoms with Gasteiger partial charge in [0.2, 0.25) is 5.91 Å². The van der Waals surface area contributed by atoms with Crippen LogP contribution in [0.25, 0.3) is 11.1 Å². The van der Waals surface area contributed by atoms with Gasteiger partial charge < -0.3 is 4.90 Å². The molecule has 0 aliphatic carbocycles. The number of benzene rings is 1. The van der Waals surface area contributed by atoms with Crippen LogP contribution in [0.1, 0.15) is 22.5 Å². The smallest absolute Gasteiger partial charge is 0.233 e. The zero-order valence-corrected chi connectivity index (χ0v) is 14.7. The highest BCUT2D eigenvalue weighted by atomic mass is 19.1. The summed E-state index contributed by atoms with van der Waals surface area (Å²) in [4.78, 5) is 23.1. The molecule has 0 atom stereocenters. The van der Waals surface area contributed by atoms with Gasteiger partial charge in [-0.2, -0.15) is 0 Å². The van der Waals surface area contributed by atoms with Crippen LogP contribution in [0.5, 0.6) is 0 Å².